The number of anilines is 1. The van der Waals surface area contributed by atoms with E-state index in [2.05, 4.69) is 34.6 Å². The minimum Gasteiger partial charge on any atom is -0.481 e. The van der Waals surface area contributed by atoms with Crippen LogP contribution < -0.4 is 5.32 Å². The first kappa shape index (κ1) is 13.0. The molecule has 0 aliphatic heterocycles. The summed E-state index contributed by atoms with van der Waals surface area (Å²) in [7, 11) is 0. The van der Waals surface area contributed by atoms with Crippen molar-refractivity contribution in [2.75, 3.05) is 5.32 Å². The zero-order valence-electron chi connectivity index (χ0n) is 11.5. The van der Waals surface area contributed by atoms with Crippen LogP contribution in [-0.4, -0.2) is 27.3 Å². The highest BCUT2D eigenvalue weighted by Gasteiger charge is 2.25. The van der Waals surface area contributed by atoms with Crippen molar-refractivity contribution in [3.05, 3.63) is 23.9 Å². The Bertz CT molecular complexity index is 627. The highest BCUT2D eigenvalue weighted by atomic mass is 16.4. The molecule has 0 spiro atoms. The van der Waals surface area contributed by atoms with Crippen LogP contribution >= 0.6 is 0 Å². The van der Waals surface area contributed by atoms with Gasteiger partial charge in [0.2, 0.25) is 0 Å². The van der Waals surface area contributed by atoms with Gasteiger partial charge in [-0.3, -0.25) is 9.89 Å². The Morgan fingerprint density at radius 2 is 2.10 bits per heavy atom. The zero-order chi connectivity index (χ0) is 14.1. The zero-order valence-corrected chi connectivity index (χ0v) is 11.5. The van der Waals surface area contributed by atoms with Gasteiger partial charge >= 0.3 is 5.97 Å². The van der Waals surface area contributed by atoms with E-state index < -0.39 is 5.97 Å². The molecule has 1 fully saturated rings. The number of nitrogens with one attached hydrogen (secondary N) is 2. The van der Waals surface area contributed by atoms with Crippen molar-refractivity contribution in [2.24, 2.45) is 5.92 Å². The number of hydrogen-bond donors (Lipinski definition) is 3. The van der Waals surface area contributed by atoms with Crippen molar-refractivity contribution < 1.29 is 9.90 Å². The number of aryl methyl sites for hydroxylation is 1. The average molecular weight is 273 g/mol. The van der Waals surface area contributed by atoms with E-state index in [0.29, 0.717) is 6.04 Å². The van der Waals surface area contributed by atoms with Gasteiger partial charge in [0.05, 0.1) is 17.6 Å². The molecule has 1 aliphatic rings. The normalized spacial score (nSPS) is 22.9. The van der Waals surface area contributed by atoms with Gasteiger partial charge in [0.1, 0.15) is 0 Å². The van der Waals surface area contributed by atoms with Gasteiger partial charge < -0.3 is 10.4 Å². The minimum absolute atomic E-state index is 0.162. The highest BCUT2D eigenvalue weighted by molar-refractivity contribution is 5.83. The fourth-order valence-electron chi connectivity index (χ4n) is 2.96. The lowest BCUT2D eigenvalue weighted by Gasteiger charge is -2.28. The van der Waals surface area contributed by atoms with Crippen LogP contribution in [0.25, 0.3) is 10.9 Å². The fourth-order valence-corrected chi connectivity index (χ4v) is 2.96. The summed E-state index contributed by atoms with van der Waals surface area (Å²) in [5, 5.41) is 20.7. The molecule has 0 saturated heterocycles. The van der Waals surface area contributed by atoms with E-state index in [1.807, 2.05) is 6.20 Å². The Labute approximate surface area is 117 Å². The number of nitrogens with zero attached hydrogens (tertiary/aromatic N) is 1. The third-order valence-corrected chi connectivity index (χ3v) is 4.22. The molecule has 20 heavy (non-hydrogen) atoms. The number of H-pyrrole nitrogens is 1. The summed E-state index contributed by atoms with van der Waals surface area (Å²) in [5.41, 5.74) is 3.35. The molecule has 1 aromatic heterocycles. The van der Waals surface area contributed by atoms with Gasteiger partial charge in [0.25, 0.3) is 0 Å². The standard InChI is InChI=1S/C15H19N3O2/c1-9-6-14-11(8-16-18-14)7-13(9)17-12-4-2-10(3-5-12)15(19)20/h6-8,10,12,17H,2-5H2,1H3,(H,16,18)(H,19,20). The van der Waals surface area contributed by atoms with E-state index in [1.165, 1.54) is 5.56 Å². The SMILES string of the molecule is Cc1cc2[nH]ncc2cc1NC1CCC(C(=O)O)CC1. The first-order valence-electron chi connectivity index (χ1n) is 7.06. The van der Waals surface area contributed by atoms with Crippen LogP contribution in [-0.2, 0) is 4.79 Å². The van der Waals surface area contributed by atoms with Crippen LogP contribution in [0.2, 0.25) is 0 Å². The van der Waals surface area contributed by atoms with Crippen LogP contribution in [0, 0.1) is 12.8 Å². The lowest BCUT2D eigenvalue weighted by molar-refractivity contribution is -0.142. The van der Waals surface area contributed by atoms with Gasteiger partial charge in [-0.05, 0) is 50.3 Å². The summed E-state index contributed by atoms with van der Waals surface area (Å²) in [5.74, 6) is -0.815. The lowest BCUT2D eigenvalue weighted by Crippen LogP contribution is -2.29. The molecule has 1 aliphatic carbocycles. The van der Waals surface area contributed by atoms with Gasteiger partial charge in [-0.25, -0.2) is 0 Å². The van der Waals surface area contributed by atoms with Crippen molar-refractivity contribution in [3.63, 3.8) is 0 Å². The Morgan fingerprint density at radius 1 is 1.35 bits per heavy atom. The van der Waals surface area contributed by atoms with Crippen LogP contribution in [0.3, 0.4) is 0 Å². The Kier molecular flexibility index (Phi) is 3.34. The molecule has 0 bridgehead atoms. The number of aromatic nitrogens is 2. The summed E-state index contributed by atoms with van der Waals surface area (Å²) >= 11 is 0. The number of carboxylic acids is 1. The predicted molar refractivity (Wildman–Crippen MR) is 77.8 cm³/mol. The molecule has 1 heterocycles. The first-order valence-corrected chi connectivity index (χ1v) is 7.06. The topological polar surface area (TPSA) is 78.0 Å². The number of rotatable bonds is 3. The number of aromatic amines is 1. The summed E-state index contributed by atoms with van der Waals surface area (Å²) in [6, 6.07) is 4.57. The maximum absolute atomic E-state index is 11.0. The Balaban J connectivity index is 1.70. The molecule has 0 atom stereocenters. The Hall–Kier alpha value is -2.04. The molecule has 2 aromatic rings. The Morgan fingerprint density at radius 3 is 2.80 bits per heavy atom. The van der Waals surface area contributed by atoms with Crippen molar-refractivity contribution >= 4 is 22.6 Å². The van der Waals surface area contributed by atoms with Gasteiger partial charge in [-0.2, -0.15) is 5.10 Å². The molecule has 5 nitrogen and oxygen atoms in total. The van der Waals surface area contributed by atoms with Crippen LogP contribution in [0.15, 0.2) is 18.3 Å². The van der Waals surface area contributed by atoms with Gasteiger partial charge in [0.15, 0.2) is 0 Å². The monoisotopic (exact) mass is 273 g/mol. The molecular formula is C15H19N3O2. The summed E-state index contributed by atoms with van der Waals surface area (Å²) in [4.78, 5) is 11.0. The minimum atomic E-state index is -0.653. The van der Waals surface area contributed by atoms with E-state index in [-0.39, 0.29) is 5.92 Å². The predicted octanol–water partition coefficient (Wildman–Crippen LogP) is 2.93. The second-order valence-electron chi connectivity index (χ2n) is 5.66. The maximum atomic E-state index is 11.0. The maximum Gasteiger partial charge on any atom is 0.306 e. The number of carboxylic acid groups (broad SMARTS) is 1. The molecule has 3 rings (SSSR count). The lowest BCUT2D eigenvalue weighted by atomic mass is 9.86. The summed E-state index contributed by atoms with van der Waals surface area (Å²) in [6.45, 7) is 2.07. The molecule has 0 amide bonds. The third kappa shape index (κ3) is 2.48. The molecule has 5 heteroatoms. The molecule has 3 N–H and O–H groups in total. The molecule has 0 unspecified atom stereocenters. The second-order valence-corrected chi connectivity index (χ2v) is 5.66. The number of benzene rings is 1. The van der Waals surface area contributed by atoms with E-state index in [9.17, 15) is 4.79 Å². The summed E-state index contributed by atoms with van der Waals surface area (Å²) < 4.78 is 0. The largest absolute Gasteiger partial charge is 0.481 e. The number of fused-ring (bicyclic) bond motifs is 1. The number of aliphatic carboxylic acids is 1. The van der Waals surface area contributed by atoms with Gasteiger partial charge in [-0.1, -0.05) is 0 Å². The molecule has 0 radical (unpaired) electrons. The van der Waals surface area contributed by atoms with Gasteiger partial charge in [-0.15, -0.1) is 0 Å². The van der Waals surface area contributed by atoms with Crippen molar-refractivity contribution in [1.82, 2.24) is 10.2 Å². The van der Waals surface area contributed by atoms with Crippen molar-refractivity contribution in [1.29, 1.82) is 0 Å². The van der Waals surface area contributed by atoms with E-state index in [0.717, 1.165) is 42.3 Å². The molecule has 1 aromatic carbocycles. The quantitative estimate of drug-likeness (QED) is 0.803. The molecular weight excluding hydrogens is 254 g/mol. The van der Waals surface area contributed by atoms with E-state index >= 15 is 0 Å². The van der Waals surface area contributed by atoms with Crippen molar-refractivity contribution in [3.8, 4) is 0 Å². The number of hydrogen-bond acceptors (Lipinski definition) is 3. The van der Waals surface area contributed by atoms with Crippen LogP contribution in [0.4, 0.5) is 5.69 Å². The number of carbonyl (C=O) groups is 1. The summed E-state index contributed by atoms with van der Waals surface area (Å²) in [6.07, 6.45) is 5.18. The third-order valence-electron chi connectivity index (χ3n) is 4.22. The molecule has 106 valence electrons. The smallest absolute Gasteiger partial charge is 0.306 e. The van der Waals surface area contributed by atoms with Gasteiger partial charge in [0, 0.05) is 17.1 Å². The fraction of sp³-hybridized carbons (Fsp3) is 0.467. The highest BCUT2D eigenvalue weighted by Crippen LogP contribution is 2.29. The second kappa shape index (κ2) is 5.15. The average Bonchev–Trinajstić information content (AvgIpc) is 2.87. The van der Waals surface area contributed by atoms with E-state index in [4.69, 9.17) is 5.11 Å². The van der Waals surface area contributed by atoms with Crippen molar-refractivity contribution in [2.45, 2.75) is 38.6 Å². The van der Waals surface area contributed by atoms with Crippen LogP contribution in [0.1, 0.15) is 31.2 Å². The van der Waals surface area contributed by atoms with E-state index in [1.54, 1.807) is 0 Å². The molecule has 1 saturated carbocycles. The van der Waals surface area contributed by atoms with Crippen LogP contribution in [0.5, 0.6) is 0 Å². The first-order chi connectivity index (χ1) is 9.63.